The molecule has 19 heteroatoms. The van der Waals surface area contributed by atoms with Crippen LogP contribution in [0, 0.1) is 0 Å². The third-order valence-corrected chi connectivity index (χ3v) is 21.4. The molecule has 0 fully saturated rings. The SMILES string of the molecule is CCCCCC/C=C\C=C/CCCCCCCC(=O)O[C@H](COC(=O)CCCCCCC)COP(=O)(O)OC[C@H](O)COP(=O)(O)OC[C@@H](COC(=O)CCCCCCCCCCCCCCCCCCCCCCCC)OC(=O)CCCCCCCCCCCCCCCCCCCCCCCC. The Morgan fingerprint density at radius 3 is 0.702 bits per heavy atom. The zero-order valence-corrected chi connectivity index (χ0v) is 69.3. The summed E-state index contributed by atoms with van der Waals surface area (Å²) in [5, 5.41) is 10.6. The van der Waals surface area contributed by atoms with Crippen LogP contribution in [0.4, 0.5) is 0 Å². The number of ether oxygens (including phenoxy) is 4. The average molecular weight is 1520 g/mol. The molecule has 0 saturated heterocycles. The van der Waals surface area contributed by atoms with Crippen LogP contribution < -0.4 is 0 Å². The number of aliphatic hydroxyl groups is 1. The predicted octanol–water partition coefficient (Wildman–Crippen LogP) is 25.7. The molecule has 0 aliphatic heterocycles. The number of unbranched alkanes of at least 4 members (excludes halogenated alkanes) is 55. The second-order valence-corrected chi connectivity index (χ2v) is 32.8. The van der Waals surface area contributed by atoms with E-state index >= 15 is 0 Å². The summed E-state index contributed by atoms with van der Waals surface area (Å²) in [7, 11) is -9.92. The lowest BCUT2D eigenvalue weighted by Crippen LogP contribution is -2.30. The maximum atomic E-state index is 13.1. The van der Waals surface area contributed by atoms with Gasteiger partial charge in [-0.1, -0.05) is 386 Å². The van der Waals surface area contributed by atoms with Crippen LogP contribution in [0.1, 0.15) is 439 Å². The van der Waals surface area contributed by atoms with Crippen molar-refractivity contribution >= 4 is 39.5 Å². The van der Waals surface area contributed by atoms with Gasteiger partial charge in [-0.3, -0.25) is 37.3 Å². The first-order valence-electron chi connectivity index (χ1n) is 43.6. The molecule has 5 atom stereocenters. The van der Waals surface area contributed by atoms with Gasteiger partial charge >= 0.3 is 39.5 Å². The van der Waals surface area contributed by atoms with Crippen LogP contribution >= 0.6 is 15.6 Å². The minimum atomic E-state index is -4.97. The van der Waals surface area contributed by atoms with Crippen molar-refractivity contribution in [1.82, 2.24) is 0 Å². The molecule has 3 N–H and O–H groups in total. The molecule has 0 aliphatic rings. The predicted molar refractivity (Wildman–Crippen MR) is 428 cm³/mol. The molecule has 0 aromatic rings. The van der Waals surface area contributed by atoms with Gasteiger partial charge in [-0.2, -0.15) is 0 Å². The second kappa shape index (κ2) is 78.7. The lowest BCUT2D eigenvalue weighted by molar-refractivity contribution is -0.161. The summed E-state index contributed by atoms with van der Waals surface area (Å²) >= 11 is 0. The van der Waals surface area contributed by atoms with Crippen molar-refractivity contribution in [3.63, 3.8) is 0 Å². The van der Waals surface area contributed by atoms with E-state index in [0.717, 1.165) is 109 Å². The van der Waals surface area contributed by atoms with E-state index in [4.69, 9.17) is 37.0 Å². The smallest absolute Gasteiger partial charge is 0.462 e. The lowest BCUT2D eigenvalue weighted by atomic mass is 10.0. The fraction of sp³-hybridized carbons (Fsp3) is 0.906. The first-order chi connectivity index (χ1) is 50.7. The Bertz CT molecular complexity index is 2060. The summed E-state index contributed by atoms with van der Waals surface area (Å²) in [4.78, 5) is 72.8. The van der Waals surface area contributed by atoms with Crippen LogP contribution in [0.25, 0.3) is 0 Å². The van der Waals surface area contributed by atoms with Gasteiger partial charge in [-0.15, -0.1) is 0 Å². The Labute approximate surface area is 637 Å². The fourth-order valence-electron chi connectivity index (χ4n) is 12.8. The first-order valence-corrected chi connectivity index (χ1v) is 46.6. The highest BCUT2D eigenvalue weighted by atomic mass is 31.2. The monoisotopic (exact) mass is 1520 g/mol. The average Bonchev–Trinajstić information content (AvgIpc) is 0.911. The number of hydrogen-bond donors (Lipinski definition) is 3. The van der Waals surface area contributed by atoms with Crippen LogP contribution in [0.3, 0.4) is 0 Å². The minimum Gasteiger partial charge on any atom is -0.462 e. The Kier molecular flexibility index (Phi) is 76.8. The van der Waals surface area contributed by atoms with Gasteiger partial charge in [0.2, 0.25) is 0 Å². The molecule has 0 amide bonds. The largest absolute Gasteiger partial charge is 0.472 e. The third kappa shape index (κ3) is 77.7. The Hall–Kier alpha value is -2.46. The van der Waals surface area contributed by atoms with E-state index < -0.39 is 97.5 Å². The normalized spacial score (nSPS) is 13.9. The molecule has 0 saturated carbocycles. The van der Waals surface area contributed by atoms with Crippen molar-refractivity contribution in [3.8, 4) is 0 Å². The van der Waals surface area contributed by atoms with Gasteiger partial charge in [0, 0.05) is 25.7 Å². The van der Waals surface area contributed by atoms with Gasteiger partial charge in [-0.05, 0) is 51.4 Å². The molecule has 0 rings (SSSR count). The number of carbonyl (C=O) groups excluding carboxylic acids is 4. The Morgan fingerprint density at radius 2 is 0.462 bits per heavy atom. The maximum absolute atomic E-state index is 13.1. The summed E-state index contributed by atoms with van der Waals surface area (Å²) in [6.45, 7) is 4.87. The van der Waals surface area contributed by atoms with Crippen LogP contribution in [-0.4, -0.2) is 96.7 Å². The molecular formula is C85H162O17P2. The number of rotatable bonds is 84. The van der Waals surface area contributed by atoms with Gasteiger partial charge < -0.3 is 33.8 Å². The topological polar surface area (TPSA) is 237 Å². The number of hydrogen-bond acceptors (Lipinski definition) is 15. The summed E-state index contributed by atoms with van der Waals surface area (Å²) in [6, 6.07) is 0. The molecule has 0 bridgehead atoms. The van der Waals surface area contributed by atoms with Crippen molar-refractivity contribution in [3.05, 3.63) is 24.3 Å². The molecular weight excluding hydrogens is 1350 g/mol. The molecule has 17 nitrogen and oxygen atoms in total. The number of phosphoric ester groups is 2. The molecule has 104 heavy (non-hydrogen) atoms. The summed E-state index contributed by atoms with van der Waals surface area (Å²) in [6.07, 6.45) is 76.6. The van der Waals surface area contributed by atoms with Gasteiger partial charge in [0.25, 0.3) is 0 Å². The van der Waals surface area contributed by atoms with Gasteiger partial charge in [0.05, 0.1) is 26.4 Å². The van der Waals surface area contributed by atoms with E-state index in [0.29, 0.717) is 25.7 Å². The number of aliphatic hydroxyl groups excluding tert-OH is 1. The van der Waals surface area contributed by atoms with Gasteiger partial charge in [0.15, 0.2) is 12.2 Å². The molecule has 0 aliphatic carbocycles. The maximum Gasteiger partial charge on any atom is 0.472 e. The first kappa shape index (κ1) is 102. The van der Waals surface area contributed by atoms with Crippen LogP contribution in [-0.2, 0) is 65.4 Å². The van der Waals surface area contributed by atoms with Crippen LogP contribution in [0.5, 0.6) is 0 Å². The number of phosphoric acid groups is 2. The zero-order chi connectivity index (χ0) is 76.0. The van der Waals surface area contributed by atoms with Crippen molar-refractivity contribution in [2.45, 2.75) is 457 Å². The zero-order valence-electron chi connectivity index (χ0n) is 67.5. The van der Waals surface area contributed by atoms with Crippen molar-refractivity contribution in [2.75, 3.05) is 39.6 Å². The summed E-state index contributed by atoms with van der Waals surface area (Å²) < 4.78 is 68.5. The van der Waals surface area contributed by atoms with Crippen LogP contribution in [0.15, 0.2) is 24.3 Å². The molecule has 0 heterocycles. The summed E-state index contributed by atoms with van der Waals surface area (Å²) in [5.74, 6) is -2.15. The molecule has 614 valence electrons. The highest BCUT2D eigenvalue weighted by Gasteiger charge is 2.30. The minimum absolute atomic E-state index is 0.0848. The Balaban J connectivity index is 5.12. The highest BCUT2D eigenvalue weighted by Crippen LogP contribution is 2.45. The van der Waals surface area contributed by atoms with E-state index in [2.05, 4.69) is 52.0 Å². The second-order valence-electron chi connectivity index (χ2n) is 29.9. The van der Waals surface area contributed by atoms with E-state index in [9.17, 15) is 43.2 Å². The molecule has 0 radical (unpaired) electrons. The van der Waals surface area contributed by atoms with Crippen LogP contribution in [0.2, 0.25) is 0 Å². The van der Waals surface area contributed by atoms with E-state index in [-0.39, 0.29) is 25.7 Å². The van der Waals surface area contributed by atoms with E-state index in [1.54, 1.807) is 0 Å². The number of esters is 4. The quantitative estimate of drug-likeness (QED) is 0.0169. The number of allylic oxidation sites excluding steroid dienone is 4. The van der Waals surface area contributed by atoms with Gasteiger partial charge in [0.1, 0.15) is 19.3 Å². The van der Waals surface area contributed by atoms with Crippen molar-refractivity contribution in [2.24, 2.45) is 0 Å². The molecule has 2 unspecified atom stereocenters. The highest BCUT2D eigenvalue weighted by molar-refractivity contribution is 7.47. The lowest BCUT2D eigenvalue weighted by Gasteiger charge is -2.21. The van der Waals surface area contributed by atoms with E-state index in [1.165, 1.54) is 250 Å². The molecule has 0 spiro atoms. The fourth-order valence-corrected chi connectivity index (χ4v) is 14.4. The van der Waals surface area contributed by atoms with Crippen molar-refractivity contribution in [1.29, 1.82) is 0 Å². The van der Waals surface area contributed by atoms with Gasteiger partial charge in [-0.25, -0.2) is 9.13 Å². The third-order valence-electron chi connectivity index (χ3n) is 19.5. The standard InChI is InChI=1S/C85H162O17P2/c1-5-9-13-17-20-23-26-29-32-34-36-38-40-42-44-47-49-52-55-58-62-66-70-83(88)96-76-81(102-85(90)72-68-64-60-57-54-51-48-45-43-41-39-37-35-33-30-27-24-21-18-14-10-6-2)78-100-104(93,94)98-74-79(86)73-97-103(91,92)99-77-80(75-95-82(87)69-65-61-16-12-8-4)101-84(89)71-67-63-59-56-53-50-46-31-28-25-22-19-15-11-7-3/h25,28,31,46,79-81,86H,5-24,26-27,29-30,32-45,47-78H2,1-4H3,(H,91,92)(H,93,94)/b28-25-,46-31-/t79-,80+,81+/m0/s1. The number of carbonyl (C=O) groups is 4. The Morgan fingerprint density at radius 1 is 0.269 bits per heavy atom. The molecule has 0 aromatic heterocycles. The summed E-state index contributed by atoms with van der Waals surface area (Å²) in [5.41, 5.74) is 0. The molecule has 0 aromatic carbocycles. The van der Waals surface area contributed by atoms with Crippen molar-refractivity contribution < 1.29 is 80.2 Å². The van der Waals surface area contributed by atoms with E-state index in [1.807, 2.05) is 0 Å².